The van der Waals surface area contributed by atoms with E-state index in [-0.39, 0.29) is 0 Å². The number of rotatable bonds is 0. The molecule has 1 saturated carbocycles. The predicted molar refractivity (Wildman–Crippen MR) is 35.5 cm³/mol. The Morgan fingerprint density at radius 3 is 2.00 bits per heavy atom. The van der Waals surface area contributed by atoms with Crippen molar-refractivity contribution in [3.8, 4) is 0 Å². The predicted octanol–water partition coefficient (Wildman–Crippen LogP) is 1.38. The summed E-state index contributed by atoms with van der Waals surface area (Å²) < 4.78 is 0. The quantitative estimate of drug-likeness (QED) is 0.504. The molecule has 1 aliphatic carbocycles. The van der Waals surface area contributed by atoms with Gasteiger partial charge in [0.05, 0.1) is 0 Å². The van der Waals surface area contributed by atoms with Crippen LogP contribution >= 0.6 is 0 Å². The third kappa shape index (κ3) is 0.873. The first-order valence-electron chi connectivity index (χ1n) is 3.47. The van der Waals surface area contributed by atoms with Crippen LogP contribution in [0.1, 0.15) is 26.7 Å². The summed E-state index contributed by atoms with van der Waals surface area (Å²) >= 11 is 0. The van der Waals surface area contributed by atoms with Crippen LogP contribution in [0.5, 0.6) is 0 Å². The van der Waals surface area contributed by atoms with Gasteiger partial charge in [0.2, 0.25) is 0 Å². The molecule has 3 atom stereocenters. The highest BCUT2D eigenvalue weighted by Gasteiger charge is 2.25. The van der Waals surface area contributed by atoms with Crippen molar-refractivity contribution in [3.63, 3.8) is 0 Å². The van der Waals surface area contributed by atoms with Gasteiger partial charge in [-0.2, -0.15) is 0 Å². The number of hydrogen-bond donors (Lipinski definition) is 1. The molecule has 0 aromatic heterocycles. The fraction of sp³-hybridized carbons (Fsp3) is 1.00. The summed E-state index contributed by atoms with van der Waals surface area (Å²) in [4.78, 5) is 0. The Morgan fingerprint density at radius 2 is 1.88 bits per heavy atom. The Hall–Kier alpha value is -0.0400. The summed E-state index contributed by atoms with van der Waals surface area (Å²) in [6.45, 7) is 4.54. The molecule has 1 aliphatic rings. The molecule has 1 heteroatoms. The molecule has 48 valence electrons. The lowest BCUT2D eigenvalue weighted by atomic mass is 9.98. The molecule has 2 N–H and O–H groups in total. The van der Waals surface area contributed by atoms with Crippen LogP contribution in [-0.2, 0) is 0 Å². The summed E-state index contributed by atoms with van der Waals surface area (Å²) in [5.74, 6) is 1.62. The monoisotopic (exact) mass is 113 g/mol. The molecule has 1 rings (SSSR count). The lowest BCUT2D eigenvalue weighted by Crippen LogP contribution is -2.24. The van der Waals surface area contributed by atoms with Crippen LogP contribution in [0, 0.1) is 11.8 Å². The molecule has 1 nitrogen and oxygen atoms in total. The minimum absolute atomic E-state index is 0.491. The maximum absolute atomic E-state index is 5.77. The fourth-order valence-electron chi connectivity index (χ4n) is 1.40. The molecular weight excluding hydrogens is 98.1 g/mol. The molecule has 0 aliphatic heterocycles. The van der Waals surface area contributed by atoms with Crippen molar-refractivity contribution in [2.24, 2.45) is 17.6 Å². The van der Waals surface area contributed by atoms with Gasteiger partial charge in [0, 0.05) is 6.04 Å². The third-order valence-electron chi connectivity index (χ3n) is 2.53. The van der Waals surface area contributed by atoms with Gasteiger partial charge >= 0.3 is 0 Å². The second-order valence-corrected chi connectivity index (χ2v) is 3.08. The summed E-state index contributed by atoms with van der Waals surface area (Å²) in [5, 5.41) is 0. The SMILES string of the molecule is C[C@@H]1C(N)CC[C@@H]1C. The van der Waals surface area contributed by atoms with E-state index in [0.717, 1.165) is 11.8 Å². The summed E-state index contributed by atoms with van der Waals surface area (Å²) in [6, 6.07) is 0.491. The summed E-state index contributed by atoms with van der Waals surface area (Å²) in [7, 11) is 0. The van der Waals surface area contributed by atoms with Gasteiger partial charge in [0.25, 0.3) is 0 Å². The average molecular weight is 113 g/mol. The maximum atomic E-state index is 5.77. The fourth-order valence-corrected chi connectivity index (χ4v) is 1.40. The van der Waals surface area contributed by atoms with Gasteiger partial charge in [-0.15, -0.1) is 0 Å². The number of nitrogens with two attached hydrogens (primary N) is 1. The van der Waals surface area contributed by atoms with Gasteiger partial charge in [0.1, 0.15) is 0 Å². The maximum Gasteiger partial charge on any atom is 0.00671 e. The van der Waals surface area contributed by atoms with E-state index in [9.17, 15) is 0 Å². The van der Waals surface area contributed by atoms with E-state index in [4.69, 9.17) is 5.73 Å². The van der Waals surface area contributed by atoms with E-state index in [2.05, 4.69) is 13.8 Å². The molecule has 0 aromatic rings. The van der Waals surface area contributed by atoms with Crippen LogP contribution in [0.15, 0.2) is 0 Å². The Balaban J connectivity index is 2.44. The van der Waals surface area contributed by atoms with Crippen LogP contribution in [0.2, 0.25) is 0 Å². The third-order valence-corrected chi connectivity index (χ3v) is 2.53. The standard InChI is InChI=1S/C7H15N/c1-5-3-4-7(8)6(5)2/h5-7H,3-4,8H2,1-2H3/t5-,6-,7?/m0/s1. The van der Waals surface area contributed by atoms with Gasteiger partial charge in [-0.3, -0.25) is 0 Å². The molecule has 1 fully saturated rings. The van der Waals surface area contributed by atoms with Crippen LogP contribution in [-0.4, -0.2) is 6.04 Å². The minimum atomic E-state index is 0.491. The van der Waals surface area contributed by atoms with E-state index in [0.29, 0.717) is 6.04 Å². The molecular formula is C7H15N. The van der Waals surface area contributed by atoms with Crippen LogP contribution in [0.3, 0.4) is 0 Å². The van der Waals surface area contributed by atoms with Crippen molar-refractivity contribution < 1.29 is 0 Å². The zero-order valence-electron chi connectivity index (χ0n) is 5.72. The molecule has 0 spiro atoms. The molecule has 0 heterocycles. The van der Waals surface area contributed by atoms with E-state index in [1.54, 1.807) is 0 Å². The van der Waals surface area contributed by atoms with Crippen LogP contribution in [0.25, 0.3) is 0 Å². The Bertz CT molecular complexity index is 70.5. The first-order chi connectivity index (χ1) is 3.72. The normalized spacial score (nSPS) is 47.6. The van der Waals surface area contributed by atoms with Crippen LogP contribution in [0.4, 0.5) is 0 Å². The smallest absolute Gasteiger partial charge is 0.00671 e. The Labute approximate surface area is 51.3 Å². The van der Waals surface area contributed by atoms with E-state index in [1.165, 1.54) is 12.8 Å². The Morgan fingerprint density at radius 1 is 1.25 bits per heavy atom. The second-order valence-electron chi connectivity index (χ2n) is 3.08. The first-order valence-corrected chi connectivity index (χ1v) is 3.47. The zero-order chi connectivity index (χ0) is 6.15. The molecule has 0 amide bonds. The van der Waals surface area contributed by atoms with Gasteiger partial charge in [-0.05, 0) is 24.7 Å². The van der Waals surface area contributed by atoms with Crippen molar-refractivity contribution >= 4 is 0 Å². The molecule has 0 radical (unpaired) electrons. The van der Waals surface area contributed by atoms with E-state index < -0.39 is 0 Å². The lowest BCUT2D eigenvalue weighted by molar-refractivity contribution is 0.422. The van der Waals surface area contributed by atoms with Gasteiger partial charge in [-0.1, -0.05) is 13.8 Å². The van der Waals surface area contributed by atoms with Crippen molar-refractivity contribution in [1.82, 2.24) is 0 Å². The van der Waals surface area contributed by atoms with E-state index >= 15 is 0 Å². The first kappa shape index (κ1) is 6.09. The zero-order valence-corrected chi connectivity index (χ0v) is 5.72. The Kier molecular flexibility index (Phi) is 1.57. The summed E-state index contributed by atoms with van der Waals surface area (Å²) in [5.41, 5.74) is 5.77. The molecule has 0 aromatic carbocycles. The molecule has 0 bridgehead atoms. The van der Waals surface area contributed by atoms with Gasteiger partial charge in [-0.25, -0.2) is 0 Å². The highest BCUT2D eigenvalue weighted by molar-refractivity contribution is 4.81. The average Bonchev–Trinajstić information content (AvgIpc) is 1.98. The highest BCUT2D eigenvalue weighted by atomic mass is 14.7. The van der Waals surface area contributed by atoms with Gasteiger partial charge in [0.15, 0.2) is 0 Å². The second kappa shape index (κ2) is 2.06. The molecule has 1 unspecified atom stereocenters. The van der Waals surface area contributed by atoms with Crippen molar-refractivity contribution in [2.45, 2.75) is 32.7 Å². The number of hydrogen-bond acceptors (Lipinski definition) is 1. The van der Waals surface area contributed by atoms with Crippen molar-refractivity contribution in [1.29, 1.82) is 0 Å². The topological polar surface area (TPSA) is 26.0 Å². The lowest BCUT2D eigenvalue weighted by Gasteiger charge is -2.11. The van der Waals surface area contributed by atoms with Crippen molar-refractivity contribution in [3.05, 3.63) is 0 Å². The largest absolute Gasteiger partial charge is 0.327 e. The summed E-state index contributed by atoms with van der Waals surface area (Å²) in [6.07, 6.45) is 2.57. The van der Waals surface area contributed by atoms with E-state index in [1.807, 2.05) is 0 Å². The highest BCUT2D eigenvalue weighted by Crippen LogP contribution is 2.29. The molecule has 0 saturated heterocycles. The van der Waals surface area contributed by atoms with Gasteiger partial charge < -0.3 is 5.73 Å². The molecule has 8 heavy (non-hydrogen) atoms. The minimum Gasteiger partial charge on any atom is -0.327 e. The van der Waals surface area contributed by atoms with Crippen molar-refractivity contribution in [2.75, 3.05) is 0 Å². The van der Waals surface area contributed by atoms with Crippen LogP contribution < -0.4 is 5.73 Å².